The quantitative estimate of drug-likeness (QED) is 0.720. The monoisotopic (exact) mass is 254 g/mol. The molecule has 1 aromatic heterocycles. The van der Waals surface area contributed by atoms with E-state index < -0.39 is 0 Å². The number of nitrogens with zero attached hydrogens (tertiary/aromatic N) is 2. The minimum atomic E-state index is 0.174. The number of hydrogen-bond acceptors (Lipinski definition) is 2. The molecule has 1 aliphatic rings. The molecule has 1 aliphatic heterocycles. The van der Waals surface area contributed by atoms with Crippen molar-refractivity contribution in [3.05, 3.63) is 22.4 Å². The molecule has 0 aromatic carbocycles. The number of amides is 1. The predicted octanol–water partition coefficient (Wildman–Crippen LogP) is 2.14. The van der Waals surface area contributed by atoms with Crippen LogP contribution in [0.3, 0.4) is 0 Å². The highest BCUT2D eigenvalue weighted by Crippen LogP contribution is 2.28. The molecule has 74 valence electrons. The first-order valence-electron chi connectivity index (χ1n) is 4.68. The van der Waals surface area contributed by atoms with Crippen molar-refractivity contribution in [2.24, 2.45) is 0 Å². The van der Waals surface area contributed by atoms with Gasteiger partial charge in [0.2, 0.25) is 5.91 Å². The van der Waals surface area contributed by atoms with Gasteiger partial charge in [0, 0.05) is 19.4 Å². The van der Waals surface area contributed by atoms with E-state index in [9.17, 15) is 4.79 Å². The molecule has 0 spiro atoms. The summed E-state index contributed by atoms with van der Waals surface area (Å²) < 4.78 is 0.835. The molecule has 1 amide bonds. The van der Waals surface area contributed by atoms with Gasteiger partial charge in [-0.3, -0.25) is 4.79 Å². The van der Waals surface area contributed by atoms with Crippen LogP contribution in [0.5, 0.6) is 0 Å². The Bertz CT molecular complexity index is 378. The third kappa shape index (κ3) is 1.54. The van der Waals surface area contributed by atoms with Crippen molar-refractivity contribution in [3.8, 4) is 0 Å². The fourth-order valence-electron chi connectivity index (χ4n) is 1.69. The van der Waals surface area contributed by atoms with Gasteiger partial charge in [-0.2, -0.15) is 0 Å². The van der Waals surface area contributed by atoms with Crippen LogP contribution in [0.1, 0.15) is 19.0 Å². The van der Waals surface area contributed by atoms with Gasteiger partial charge in [0.05, 0.1) is 11.4 Å². The lowest BCUT2D eigenvalue weighted by molar-refractivity contribution is -0.118. The van der Waals surface area contributed by atoms with Gasteiger partial charge in [-0.05, 0) is 28.1 Å². The molecule has 0 unspecified atom stereocenters. The van der Waals surface area contributed by atoms with Crippen LogP contribution >= 0.6 is 15.9 Å². The van der Waals surface area contributed by atoms with Crippen LogP contribution in [-0.2, 0) is 11.2 Å². The highest BCUT2D eigenvalue weighted by Gasteiger charge is 2.24. The molecule has 3 nitrogen and oxygen atoms in total. The summed E-state index contributed by atoms with van der Waals surface area (Å²) in [5.74, 6) is 0.174. The minimum absolute atomic E-state index is 0.174. The van der Waals surface area contributed by atoms with E-state index in [0.29, 0.717) is 6.42 Å². The number of carbonyl (C=O) groups is 1. The zero-order valence-corrected chi connectivity index (χ0v) is 9.54. The average Bonchev–Trinajstić information content (AvgIpc) is 2.59. The van der Waals surface area contributed by atoms with Crippen LogP contribution in [0.4, 0.5) is 5.69 Å². The summed E-state index contributed by atoms with van der Waals surface area (Å²) in [7, 11) is 0. The van der Waals surface area contributed by atoms with Gasteiger partial charge < -0.3 is 4.90 Å². The Labute approximate surface area is 91.3 Å². The lowest BCUT2D eigenvalue weighted by Gasteiger charge is -2.15. The van der Waals surface area contributed by atoms with Crippen molar-refractivity contribution >= 4 is 27.5 Å². The molecule has 2 heterocycles. The van der Waals surface area contributed by atoms with Gasteiger partial charge in [-0.1, -0.05) is 6.92 Å². The molecule has 14 heavy (non-hydrogen) atoms. The molecule has 2 rings (SSSR count). The first-order valence-corrected chi connectivity index (χ1v) is 5.47. The second kappa shape index (κ2) is 3.69. The molecule has 0 fully saturated rings. The molecule has 0 radical (unpaired) electrons. The maximum Gasteiger partial charge on any atom is 0.226 e. The number of hydrogen-bond donors (Lipinski definition) is 0. The van der Waals surface area contributed by atoms with Crippen molar-refractivity contribution in [2.75, 3.05) is 11.4 Å². The smallest absolute Gasteiger partial charge is 0.226 e. The summed E-state index contributed by atoms with van der Waals surface area (Å²) in [5.41, 5.74) is 1.99. The van der Waals surface area contributed by atoms with Crippen molar-refractivity contribution < 1.29 is 4.79 Å². The van der Waals surface area contributed by atoms with E-state index >= 15 is 0 Å². The van der Waals surface area contributed by atoms with Gasteiger partial charge >= 0.3 is 0 Å². The maximum absolute atomic E-state index is 11.5. The summed E-state index contributed by atoms with van der Waals surface area (Å²) in [6.07, 6.45) is 1.41. The Balaban J connectivity index is 2.35. The fourth-order valence-corrected chi connectivity index (χ4v) is 2.03. The van der Waals surface area contributed by atoms with E-state index in [1.165, 1.54) is 0 Å². The zero-order chi connectivity index (χ0) is 10.1. The molecule has 0 N–H and O–H groups in total. The topological polar surface area (TPSA) is 33.2 Å². The molecule has 4 heteroatoms. The van der Waals surface area contributed by atoms with Gasteiger partial charge in [0.1, 0.15) is 4.60 Å². The van der Waals surface area contributed by atoms with E-state index in [1.54, 1.807) is 0 Å². The second-order valence-corrected chi connectivity index (χ2v) is 4.06. The lowest BCUT2D eigenvalue weighted by Crippen LogP contribution is -2.27. The van der Waals surface area contributed by atoms with Crippen LogP contribution in [0.25, 0.3) is 0 Å². The summed E-state index contributed by atoms with van der Waals surface area (Å²) in [6.45, 7) is 2.65. The number of aromatic nitrogens is 1. The van der Waals surface area contributed by atoms with E-state index in [-0.39, 0.29) is 5.91 Å². The van der Waals surface area contributed by atoms with Crippen LogP contribution < -0.4 is 4.90 Å². The fraction of sp³-hybridized carbons (Fsp3) is 0.400. The molecule has 0 saturated heterocycles. The van der Waals surface area contributed by atoms with E-state index in [0.717, 1.165) is 29.0 Å². The molecule has 1 aromatic rings. The molecule has 0 bridgehead atoms. The van der Waals surface area contributed by atoms with Crippen molar-refractivity contribution in [2.45, 2.75) is 19.8 Å². The SMILES string of the molecule is CCC(=O)N1CCc2nc(Br)ccc21. The number of halogens is 1. The Hall–Kier alpha value is -0.900. The highest BCUT2D eigenvalue weighted by atomic mass is 79.9. The third-order valence-electron chi connectivity index (χ3n) is 2.38. The van der Waals surface area contributed by atoms with Crippen LogP contribution in [-0.4, -0.2) is 17.4 Å². The zero-order valence-electron chi connectivity index (χ0n) is 7.96. The summed E-state index contributed by atoms with van der Waals surface area (Å²) in [5, 5.41) is 0. The van der Waals surface area contributed by atoms with Gasteiger partial charge in [0.25, 0.3) is 0 Å². The lowest BCUT2D eigenvalue weighted by atomic mass is 10.3. The average molecular weight is 255 g/mol. The molecular weight excluding hydrogens is 244 g/mol. The Morgan fingerprint density at radius 3 is 3.14 bits per heavy atom. The standard InChI is InChI=1S/C10H11BrN2O/c1-2-10(14)13-6-5-7-8(13)3-4-9(11)12-7/h3-4H,2,5-6H2,1H3. The number of rotatable bonds is 1. The van der Waals surface area contributed by atoms with Crippen LogP contribution in [0.15, 0.2) is 16.7 Å². The maximum atomic E-state index is 11.5. The van der Waals surface area contributed by atoms with E-state index in [2.05, 4.69) is 20.9 Å². The van der Waals surface area contributed by atoms with E-state index in [4.69, 9.17) is 0 Å². The summed E-state index contributed by atoms with van der Waals surface area (Å²) >= 11 is 3.32. The summed E-state index contributed by atoms with van der Waals surface area (Å²) in [6, 6.07) is 3.83. The molecule has 0 saturated carbocycles. The Morgan fingerprint density at radius 2 is 2.43 bits per heavy atom. The van der Waals surface area contributed by atoms with Crippen LogP contribution in [0.2, 0.25) is 0 Å². The molecule has 0 atom stereocenters. The number of fused-ring (bicyclic) bond motifs is 1. The van der Waals surface area contributed by atoms with E-state index in [1.807, 2.05) is 24.0 Å². The van der Waals surface area contributed by atoms with Gasteiger partial charge in [-0.25, -0.2) is 4.98 Å². The van der Waals surface area contributed by atoms with Crippen molar-refractivity contribution in [1.29, 1.82) is 0 Å². The Kier molecular flexibility index (Phi) is 2.54. The first kappa shape index (κ1) is 9.65. The Morgan fingerprint density at radius 1 is 1.64 bits per heavy atom. The normalized spacial score (nSPS) is 14.3. The van der Waals surface area contributed by atoms with Gasteiger partial charge in [0.15, 0.2) is 0 Å². The number of pyridine rings is 1. The largest absolute Gasteiger partial charge is 0.310 e. The highest BCUT2D eigenvalue weighted by molar-refractivity contribution is 9.10. The first-order chi connectivity index (χ1) is 6.72. The minimum Gasteiger partial charge on any atom is -0.310 e. The predicted molar refractivity (Wildman–Crippen MR) is 58.3 cm³/mol. The van der Waals surface area contributed by atoms with Gasteiger partial charge in [-0.15, -0.1) is 0 Å². The summed E-state index contributed by atoms with van der Waals surface area (Å²) in [4.78, 5) is 17.7. The number of carbonyl (C=O) groups excluding carboxylic acids is 1. The second-order valence-electron chi connectivity index (χ2n) is 3.25. The molecule has 0 aliphatic carbocycles. The molecular formula is C10H11BrN2O. The van der Waals surface area contributed by atoms with Crippen LogP contribution in [0, 0.1) is 0 Å². The number of anilines is 1. The van der Waals surface area contributed by atoms with Crippen molar-refractivity contribution in [1.82, 2.24) is 4.98 Å². The van der Waals surface area contributed by atoms with Crippen molar-refractivity contribution in [3.63, 3.8) is 0 Å². The third-order valence-corrected chi connectivity index (χ3v) is 2.82.